The van der Waals surface area contributed by atoms with Gasteiger partial charge in [-0.2, -0.15) is 10.2 Å². The van der Waals surface area contributed by atoms with Crippen LogP contribution in [0.15, 0.2) is 36.5 Å². The number of rotatable bonds is 6. The number of ether oxygens (including phenoxy) is 1. The number of nitrogens with one attached hydrogen (secondary N) is 1. The maximum Gasteiger partial charge on any atom is 0.344 e. The highest BCUT2D eigenvalue weighted by molar-refractivity contribution is 6.33. The summed E-state index contributed by atoms with van der Waals surface area (Å²) in [5.41, 5.74) is 0.837. The Morgan fingerprint density at radius 3 is 2.47 bits per heavy atom. The van der Waals surface area contributed by atoms with Gasteiger partial charge in [-0.15, -0.1) is 0 Å². The minimum absolute atomic E-state index is 0.00889. The van der Waals surface area contributed by atoms with Crippen molar-refractivity contribution in [3.8, 4) is 5.69 Å². The molecule has 30 heavy (non-hydrogen) atoms. The molecule has 0 fully saturated rings. The van der Waals surface area contributed by atoms with Crippen LogP contribution in [0.3, 0.4) is 0 Å². The standard InChI is InChI=1S/C20H21ClFN5O3/c1-11(2)26-16(9-10-23-26)24-19(28)13(4)30-20(29)17-12(3)25-27(18(17)21)15-7-5-14(22)6-8-15/h5-11,13H,1-4H3,(H,24,28). The molecule has 2 heterocycles. The first kappa shape index (κ1) is 21.5. The van der Waals surface area contributed by atoms with Crippen LogP contribution in [0.2, 0.25) is 5.15 Å². The van der Waals surface area contributed by atoms with E-state index < -0.39 is 23.8 Å². The highest BCUT2D eigenvalue weighted by atomic mass is 35.5. The lowest BCUT2D eigenvalue weighted by molar-refractivity contribution is -0.123. The monoisotopic (exact) mass is 433 g/mol. The van der Waals surface area contributed by atoms with Gasteiger partial charge in [0, 0.05) is 12.1 Å². The summed E-state index contributed by atoms with van der Waals surface area (Å²) in [6.45, 7) is 6.90. The summed E-state index contributed by atoms with van der Waals surface area (Å²) >= 11 is 6.33. The fourth-order valence-electron chi connectivity index (χ4n) is 2.81. The lowest BCUT2D eigenvalue weighted by atomic mass is 10.2. The number of aryl methyl sites for hydroxylation is 1. The van der Waals surface area contributed by atoms with Gasteiger partial charge in [-0.25, -0.2) is 18.5 Å². The first-order valence-corrected chi connectivity index (χ1v) is 9.63. The Morgan fingerprint density at radius 2 is 1.83 bits per heavy atom. The van der Waals surface area contributed by atoms with Gasteiger partial charge in [-0.3, -0.25) is 4.79 Å². The zero-order valence-corrected chi connectivity index (χ0v) is 17.6. The molecule has 0 aliphatic rings. The van der Waals surface area contributed by atoms with E-state index >= 15 is 0 Å². The molecular formula is C20H21ClFN5O3. The zero-order chi connectivity index (χ0) is 22.0. The van der Waals surface area contributed by atoms with Gasteiger partial charge in [0.25, 0.3) is 5.91 Å². The quantitative estimate of drug-likeness (QED) is 0.594. The molecule has 10 heteroatoms. The van der Waals surface area contributed by atoms with E-state index in [1.165, 1.54) is 35.9 Å². The maximum absolute atomic E-state index is 13.2. The van der Waals surface area contributed by atoms with Crippen LogP contribution in [0.4, 0.5) is 10.2 Å². The van der Waals surface area contributed by atoms with E-state index in [-0.39, 0.29) is 16.8 Å². The smallest absolute Gasteiger partial charge is 0.344 e. The van der Waals surface area contributed by atoms with Crippen molar-refractivity contribution in [1.29, 1.82) is 0 Å². The van der Waals surface area contributed by atoms with Crippen molar-refractivity contribution in [2.24, 2.45) is 0 Å². The van der Waals surface area contributed by atoms with Crippen LogP contribution < -0.4 is 5.32 Å². The third-order valence-corrected chi connectivity index (χ3v) is 4.69. The Labute approximate surface area is 177 Å². The first-order valence-electron chi connectivity index (χ1n) is 9.25. The molecule has 3 aromatic rings. The second-order valence-corrected chi connectivity index (χ2v) is 7.29. The summed E-state index contributed by atoms with van der Waals surface area (Å²) in [5.74, 6) is -1.20. The van der Waals surface area contributed by atoms with Crippen molar-refractivity contribution in [2.75, 3.05) is 5.32 Å². The molecule has 0 spiro atoms. The molecular weight excluding hydrogens is 413 g/mol. The van der Waals surface area contributed by atoms with E-state index in [9.17, 15) is 14.0 Å². The number of esters is 1. The second kappa shape index (κ2) is 8.66. The number of hydrogen-bond donors (Lipinski definition) is 1. The van der Waals surface area contributed by atoms with Gasteiger partial charge in [0.1, 0.15) is 22.4 Å². The molecule has 8 nitrogen and oxygen atoms in total. The van der Waals surface area contributed by atoms with Crippen molar-refractivity contribution in [2.45, 2.75) is 39.8 Å². The third kappa shape index (κ3) is 4.35. The van der Waals surface area contributed by atoms with E-state index in [0.29, 0.717) is 17.2 Å². The average molecular weight is 434 g/mol. The Balaban J connectivity index is 1.74. The molecule has 0 aliphatic heterocycles. The predicted molar refractivity (Wildman–Crippen MR) is 109 cm³/mol. The minimum atomic E-state index is -1.09. The lowest BCUT2D eigenvalue weighted by Crippen LogP contribution is -2.31. The van der Waals surface area contributed by atoms with Crippen LogP contribution in [0.5, 0.6) is 0 Å². The van der Waals surface area contributed by atoms with Crippen LogP contribution in [-0.4, -0.2) is 37.5 Å². The van der Waals surface area contributed by atoms with Crippen molar-refractivity contribution >= 4 is 29.3 Å². The number of aromatic nitrogens is 4. The summed E-state index contributed by atoms with van der Waals surface area (Å²) in [4.78, 5) is 25.1. The summed E-state index contributed by atoms with van der Waals surface area (Å²) in [6, 6.07) is 7.18. The van der Waals surface area contributed by atoms with Crippen molar-refractivity contribution < 1.29 is 18.7 Å². The molecule has 1 aromatic carbocycles. The van der Waals surface area contributed by atoms with Crippen molar-refractivity contribution in [3.05, 3.63) is 58.8 Å². The number of hydrogen-bond acceptors (Lipinski definition) is 5. The largest absolute Gasteiger partial charge is 0.449 e. The van der Waals surface area contributed by atoms with Crippen LogP contribution >= 0.6 is 11.6 Å². The molecule has 1 atom stereocenters. The molecule has 0 saturated heterocycles. The number of carbonyl (C=O) groups is 2. The highest BCUT2D eigenvalue weighted by Gasteiger charge is 2.26. The molecule has 0 radical (unpaired) electrons. The van der Waals surface area contributed by atoms with Gasteiger partial charge in [0.15, 0.2) is 6.10 Å². The van der Waals surface area contributed by atoms with Crippen molar-refractivity contribution in [3.63, 3.8) is 0 Å². The van der Waals surface area contributed by atoms with Gasteiger partial charge >= 0.3 is 5.97 Å². The van der Waals surface area contributed by atoms with E-state index in [1.54, 1.807) is 23.9 Å². The Hall–Kier alpha value is -3.20. The van der Waals surface area contributed by atoms with E-state index in [1.807, 2.05) is 13.8 Å². The molecule has 1 N–H and O–H groups in total. The number of halogens is 2. The minimum Gasteiger partial charge on any atom is -0.449 e. The molecule has 1 amide bonds. The van der Waals surface area contributed by atoms with Crippen LogP contribution in [0.25, 0.3) is 5.69 Å². The lowest BCUT2D eigenvalue weighted by Gasteiger charge is -2.15. The summed E-state index contributed by atoms with van der Waals surface area (Å²) in [7, 11) is 0. The van der Waals surface area contributed by atoms with Crippen LogP contribution in [0.1, 0.15) is 42.9 Å². The van der Waals surface area contributed by atoms with Gasteiger partial charge < -0.3 is 10.1 Å². The number of nitrogens with zero attached hydrogens (tertiary/aromatic N) is 4. The van der Waals surface area contributed by atoms with E-state index in [2.05, 4.69) is 15.5 Å². The number of anilines is 1. The number of benzene rings is 1. The number of amides is 1. The predicted octanol–water partition coefficient (Wildman–Crippen LogP) is 3.93. The Bertz CT molecular complexity index is 1070. The van der Waals surface area contributed by atoms with Crippen molar-refractivity contribution in [1.82, 2.24) is 19.6 Å². The van der Waals surface area contributed by atoms with Crippen LogP contribution in [-0.2, 0) is 9.53 Å². The molecule has 0 aliphatic carbocycles. The first-order chi connectivity index (χ1) is 14.2. The SMILES string of the molecule is Cc1nn(-c2ccc(F)cc2)c(Cl)c1C(=O)OC(C)C(=O)Nc1ccnn1C(C)C. The van der Waals surface area contributed by atoms with Gasteiger partial charge in [-0.1, -0.05) is 11.6 Å². The molecule has 2 aromatic heterocycles. The average Bonchev–Trinajstić information content (AvgIpc) is 3.26. The second-order valence-electron chi connectivity index (χ2n) is 6.93. The number of carbonyl (C=O) groups excluding carboxylic acids is 2. The molecule has 0 saturated carbocycles. The summed E-state index contributed by atoms with van der Waals surface area (Å²) in [5, 5.41) is 11.1. The van der Waals surface area contributed by atoms with E-state index in [4.69, 9.17) is 16.3 Å². The molecule has 3 rings (SSSR count). The fourth-order valence-corrected chi connectivity index (χ4v) is 3.16. The Kier molecular flexibility index (Phi) is 6.21. The van der Waals surface area contributed by atoms with Crippen LogP contribution in [0, 0.1) is 12.7 Å². The highest BCUT2D eigenvalue weighted by Crippen LogP contribution is 2.25. The van der Waals surface area contributed by atoms with Gasteiger partial charge in [0.05, 0.1) is 17.6 Å². The zero-order valence-electron chi connectivity index (χ0n) is 16.9. The molecule has 0 bridgehead atoms. The summed E-state index contributed by atoms with van der Waals surface area (Å²) in [6.07, 6.45) is 0.483. The topological polar surface area (TPSA) is 91.0 Å². The summed E-state index contributed by atoms with van der Waals surface area (Å²) < 4.78 is 21.4. The molecule has 158 valence electrons. The fraction of sp³-hybridized carbons (Fsp3) is 0.300. The molecule has 1 unspecified atom stereocenters. The Morgan fingerprint density at radius 1 is 1.17 bits per heavy atom. The normalized spacial score (nSPS) is 12.1. The van der Waals surface area contributed by atoms with Gasteiger partial charge in [0.2, 0.25) is 0 Å². The third-order valence-electron chi connectivity index (χ3n) is 4.34. The van der Waals surface area contributed by atoms with E-state index in [0.717, 1.165) is 0 Å². The maximum atomic E-state index is 13.2. The van der Waals surface area contributed by atoms with Gasteiger partial charge in [-0.05, 0) is 52.0 Å².